The van der Waals surface area contributed by atoms with Crippen LogP contribution in [0.5, 0.6) is 0 Å². The summed E-state index contributed by atoms with van der Waals surface area (Å²) >= 11 is 4.05. The fraction of sp³-hybridized carbons (Fsp3) is 0.636. The summed E-state index contributed by atoms with van der Waals surface area (Å²) in [6, 6.07) is 13.8. The third-order valence-corrected chi connectivity index (χ3v) is 25.8. The summed E-state index contributed by atoms with van der Waals surface area (Å²) < 4.78 is 39.8. The normalized spacial score (nSPS) is 20.2. The van der Waals surface area contributed by atoms with Crippen LogP contribution in [0.4, 0.5) is 11.6 Å². The standard InChI is InChI=1S/C33H50BrN5O4Si2.C33H51N5O4Si2/c1-41-33(40)28-11-10-25(19-35-28)27-20-36-39-31(27)37-30(26-17-23-8-9-24(16-23)18-26)29(34)32(39)38(21-42-12-14-44(2,3)4)22-43-13-15-45(5,6)7;1-40-33(39)29-11-10-26(20-34-29)28-21-35-38-31(19-30(36-32(28)38)27-17-24-8-9-25(16-24)18-27)37(22-41-12-14-43(2,3)4)23-42-13-15-44(5,6)7/h10-11,19-20,23-24,26H,8-9,12-18,21-22H2,1-7H3;10-11,19-21,24-25,27H,8-9,12-18,22-23H2,1-7H3/t23-,24+,26?;24-,25+,27?. The van der Waals surface area contributed by atoms with E-state index in [0.29, 0.717) is 52.0 Å². The maximum absolute atomic E-state index is 12.0. The van der Waals surface area contributed by atoms with Gasteiger partial charge in [-0.05, 0) is 114 Å². The second kappa shape index (κ2) is 29.9. The monoisotopic (exact) mass is 1350 g/mol. The summed E-state index contributed by atoms with van der Waals surface area (Å²) in [5, 5.41) is 9.73. The van der Waals surface area contributed by atoms with E-state index in [1.807, 2.05) is 33.6 Å². The van der Waals surface area contributed by atoms with Crippen molar-refractivity contribution in [2.45, 2.75) is 179 Å². The van der Waals surface area contributed by atoms with Crippen LogP contribution in [-0.2, 0) is 28.4 Å². The lowest BCUT2D eigenvalue weighted by atomic mass is 9.79. The maximum Gasteiger partial charge on any atom is 0.356 e. The summed E-state index contributed by atoms with van der Waals surface area (Å²) in [6.07, 6.45) is 19.9. The molecular weight excluding hydrogens is 1250 g/mol. The lowest BCUT2D eigenvalue weighted by molar-refractivity contribution is 0.0585. The summed E-state index contributed by atoms with van der Waals surface area (Å²) in [7, 11) is -2.21. The van der Waals surface area contributed by atoms with Crippen LogP contribution in [0.15, 0.2) is 59.6 Å². The van der Waals surface area contributed by atoms with Crippen molar-refractivity contribution in [2.75, 3.05) is 77.4 Å². The molecule has 6 aromatic heterocycles. The zero-order valence-corrected chi connectivity index (χ0v) is 61.4. The van der Waals surface area contributed by atoms with Crippen LogP contribution in [0.2, 0.25) is 103 Å². The van der Waals surface area contributed by atoms with Crippen molar-refractivity contribution in [1.82, 2.24) is 39.2 Å². The first-order valence-electron chi connectivity index (χ1n) is 32.6. The molecule has 6 atom stereocenters. The quantitative estimate of drug-likeness (QED) is 0.0195. The number of hydrogen-bond acceptors (Lipinski definition) is 16. The van der Waals surface area contributed by atoms with Gasteiger partial charge < -0.3 is 38.2 Å². The van der Waals surface area contributed by atoms with Crippen LogP contribution in [0.3, 0.4) is 0 Å². The number of pyridine rings is 2. The number of methoxy groups -OCH3 is 2. The van der Waals surface area contributed by atoms with E-state index in [-0.39, 0.29) is 11.4 Å². The van der Waals surface area contributed by atoms with Gasteiger partial charge in [-0.2, -0.15) is 19.2 Å². The average molecular weight is 1350 g/mol. The first kappa shape index (κ1) is 68.6. The highest BCUT2D eigenvalue weighted by molar-refractivity contribution is 9.10. The van der Waals surface area contributed by atoms with Gasteiger partial charge >= 0.3 is 11.9 Å². The molecule has 0 amide bonds. The molecule has 10 rings (SSSR count). The molecule has 4 aliphatic carbocycles. The van der Waals surface area contributed by atoms with E-state index in [2.05, 4.69) is 120 Å². The smallest absolute Gasteiger partial charge is 0.356 e. The number of fused-ring (bicyclic) bond motifs is 6. The average Bonchev–Trinajstić information content (AvgIpc) is 2.09. The van der Waals surface area contributed by atoms with Crippen molar-refractivity contribution in [1.29, 1.82) is 0 Å². The molecule has 4 fully saturated rings. The Morgan fingerprint density at radius 2 is 0.910 bits per heavy atom. The number of carbonyl (C=O) groups excluding carboxylic acids is 2. The molecule has 2 unspecified atom stereocenters. The van der Waals surface area contributed by atoms with Crippen molar-refractivity contribution in [2.24, 2.45) is 23.7 Å². The van der Waals surface area contributed by atoms with Gasteiger partial charge in [-0.3, -0.25) is 0 Å². The summed E-state index contributed by atoms with van der Waals surface area (Å²) in [6.45, 7) is 33.0. The molecule has 0 spiro atoms. The number of hydrogen-bond donors (Lipinski definition) is 0. The molecule has 23 heteroatoms. The fourth-order valence-electron chi connectivity index (χ4n) is 12.9. The van der Waals surface area contributed by atoms with Crippen LogP contribution >= 0.6 is 15.9 Å². The predicted molar refractivity (Wildman–Crippen MR) is 369 cm³/mol. The molecule has 89 heavy (non-hydrogen) atoms. The molecule has 4 saturated carbocycles. The largest absolute Gasteiger partial charge is 0.464 e. The van der Waals surface area contributed by atoms with E-state index in [0.717, 1.165) is 135 Å². The van der Waals surface area contributed by atoms with Crippen molar-refractivity contribution < 1.29 is 38.0 Å². The third-order valence-electron chi connectivity index (χ3n) is 18.2. The van der Waals surface area contributed by atoms with E-state index < -0.39 is 44.2 Å². The van der Waals surface area contributed by atoms with Crippen molar-refractivity contribution in [3.8, 4) is 22.3 Å². The molecule has 6 heterocycles. The number of esters is 2. The number of carbonyl (C=O) groups is 2. The molecule has 0 aromatic carbocycles. The Morgan fingerprint density at radius 1 is 0.517 bits per heavy atom. The van der Waals surface area contributed by atoms with Gasteiger partial charge in [-0.25, -0.2) is 29.5 Å². The first-order valence-corrected chi connectivity index (χ1v) is 48.2. The minimum Gasteiger partial charge on any atom is -0.464 e. The van der Waals surface area contributed by atoms with E-state index in [1.165, 1.54) is 65.6 Å². The minimum absolute atomic E-state index is 0.268. The first-order chi connectivity index (χ1) is 42.2. The minimum atomic E-state index is -1.24. The zero-order valence-electron chi connectivity index (χ0n) is 55.8. The van der Waals surface area contributed by atoms with Gasteiger partial charge in [0.25, 0.3) is 0 Å². The van der Waals surface area contributed by atoms with Gasteiger partial charge in [0.05, 0.1) is 36.8 Å². The number of halogens is 1. The van der Waals surface area contributed by atoms with Gasteiger partial charge in [-0.15, -0.1) is 0 Å². The highest BCUT2D eigenvalue weighted by Gasteiger charge is 2.39. The number of nitrogens with zero attached hydrogens (tertiary/aromatic N) is 10. The Hall–Kier alpha value is -4.73. The molecule has 18 nitrogen and oxygen atoms in total. The zero-order chi connectivity index (χ0) is 63.8. The molecule has 0 radical (unpaired) electrons. The molecule has 4 aliphatic rings. The fourth-order valence-corrected chi connectivity index (χ4v) is 16.8. The molecule has 0 N–H and O–H groups in total. The highest BCUT2D eigenvalue weighted by atomic mass is 79.9. The lowest BCUT2D eigenvalue weighted by Crippen LogP contribution is -2.34. The van der Waals surface area contributed by atoms with E-state index in [9.17, 15) is 9.59 Å². The van der Waals surface area contributed by atoms with Crippen molar-refractivity contribution in [3.63, 3.8) is 0 Å². The van der Waals surface area contributed by atoms with Crippen LogP contribution < -0.4 is 9.80 Å². The second-order valence-corrected chi connectivity index (χ2v) is 53.8. The predicted octanol–water partition coefficient (Wildman–Crippen LogP) is 15.4. The Morgan fingerprint density at radius 3 is 1.30 bits per heavy atom. The lowest BCUT2D eigenvalue weighted by Gasteiger charge is -2.31. The third kappa shape index (κ3) is 18.7. The van der Waals surface area contributed by atoms with E-state index in [4.69, 9.17) is 48.6 Å². The van der Waals surface area contributed by atoms with Gasteiger partial charge in [0.2, 0.25) is 0 Å². The summed E-state index contributed by atoms with van der Waals surface area (Å²) in [4.78, 5) is 47.8. The maximum atomic E-state index is 12.0. The number of anilines is 2. The Labute approximate surface area is 541 Å². The van der Waals surface area contributed by atoms with Crippen LogP contribution in [0.25, 0.3) is 33.5 Å². The number of aromatic nitrogens is 8. The molecule has 0 aliphatic heterocycles. The van der Waals surface area contributed by atoms with Crippen molar-refractivity contribution in [3.05, 3.63) is 82.4 Å². The van der Waals surface area contributed by atoms with Crippen LogP contribution in [-0.4, -0.2) is 151 Å². The molecule has 0 saturated heterocycles. The second-order valence-electron chi connectivity index (χ2n) is 30.5. The number of ether oxygens (including phenoxy) is 6. The van der Waals surface area contributed by atoms with Gasteiger partial charge in [0.15, 0.2) is 17.1 Å². The SMILES string of the molecule is COC(=O)c1ccc(-c2cnn3c(N(COCC[Si](C)(C)C)COCC[Si](C)(C)C)c(Br)c(C4C[C@H]5CC[C@@H](C4)C5)nc23)cn1.COC(=O)c1ccc(-c2cnn3c(N(COCC[Si](C)(C)C)COCC[Si](C)(C)C)cc(C4C[C@H]5CC[C@@H](C4)C5)nc23)cn1. The van der Waals surface area contributed by atoms with E-state index >= 15 is 0 Å². The summed E-state index contributed by atoms with van der Waals surface area (Å²) in [5.41, 5.74) is 7.76. The Bertz CT molecular complexity index is 3260. The molecule has 6 aromatic rings. The van der Waals surface area contributed by atoms with Gasteiger partial charge in [0.1, 0.15) is 44.1 Å². The van der Waals surface area contributed by atoms with Gasteiger partial charge in [-0.1, -0.05) is 116 Å². The van der Waals surface area contributed by atoms with Crippen LogP contribution in [0.1, 0.15) is 108 Å². The molecule has 486 valence electrons. The Kier molecular flexibility index (Phi) is 23.1. The molecule has 4 bridgehead atoms. The Balaban J connectivity index is 0.000000211. The topological polar surface area (TPSA) is 182 Å². The highest BCUT2D eigenvalue weighted by Crippen LogP contribution is 2.51. The van der Waals surface area contributed by atoms with E-state index in [1.54, 1.807) is 24.5 Å². The van der Waals surface area contributed by atoms with Gasteiger partial charge in [0, 0.05) is 117 Å². The summed E-state index contributed by atoms with van der Waals surface area (Å²) in [5.74, 6) is 4.86. The van der Waals surface area contributed by atoms with Crippen molar-refractivity contribution >= 4 is 83.1 Å². The number of rotatable bonds is 28. The molecular formula is C66H101BrN10O8Si4. The van der Waals surface area contributed by atoms with Crippen LogP contribution in [0, 0.1) is 23.7 Å².